The van der Waals surface area contributed by atoms with Crippen molar-refractivity contribution in [2.24, 2.45) is 0 Å². The zero-order valence-electron chi connectivity index (χ0n) is 18.8. The summed E-state index contributed by atoms with van der Waals surface area (Å²) in [6.45, 7) is 10.0. The average molecular weight is 457 g/mol. The second-order valence-corrected chi connectivity index (χ2v) is 6.35. The molecule has 0 aliphatic heterocycles. The molecule has 0 amide bonds. The van der Waals surface area contributed by atoms with Crippen LogP contribution in [-0.4, -0.2) is 51.3 Å². The fraction of sp³-hybridized carbons (Fsp3) is 0.435. The van der Waals surface area contributed by atoms with Crippen LogP contribution in [0.1, 0.15) is 41.5 Å². The molecular formula is C23H37O6Ti-. The van der Waals surface area contributed by atoms with Gasteiger partial charge in [-0.1, -0.05) is 18.2 Å². The molecule has 4 N–H and O–H groups in total. The van der Waals surface area contributed by atoms with E-state index in [-0.39, 0.29) is 46.6 Å². The third-order valence-electron chi connectivity index (χ3n) is 1.71. The third-order valence-corrected chi connectivity index (χ3v) is 1.71. The Morgan fingerprint density at radius 3 is 1.37 bits per heavy atom. The van der Waals surface area contributed by atoms with E-state index in [4.69, 9.17) is 25.2 Å². The van der Waals surface area contributed by atoms with Crippen molar-refractivity contribution < 1.29 is 51.7 Å². The van der Waals surface area contributed by atoms with E-state index in [0.717, 1.165) is 0 Å². The van der Waals surface area contributed by atoms with Crippen LogP contribution in [0.3, 0.4) is 0 Å². The number of aliphatic hydroxyl groups excluding tert-OH is 3. The summed E-state index contributed by atoms with van der Waals surface area (Å²) in [6.07, 6.45) is -0.500. The Morgan fingerprint density at radius 1 is 0.800 bits per heavy atom. The molecule has 0 aromatic heterocycles. The van der Waals surface area contributed by atoms with Crippen LogP contribution < -0.4 is 4.74 Å². The van der Waals surface area contributed by atoms with Gasteiger partial charge in [0.1, 0.15) is 5.75 Å². The molecule has 30 heavy (non-hydrogen) atoms. The maximum Gasteiger partial charge on any atom is 0.341 e. The van der Waals surface area contributed by atoms with Gasteiger partial charge >= 0.3 is 5.97 Å². The molecule has 6 nitrogen and oxygen atoms in total. The van der Waals surface area contributed by atoms with Gasteiger partial charge in [-0.25, -0.2) is 4.79 Å². The Labute approximate surface area is 196 Å². The minimum absolute atomic E-state index is 0. The minimum atomic E-state index is -0.964. The fourth-order valence-electron chi connectivity index (χ4n) is 1.00. The number of carboxylic acids is 1. The topological polar surface area (TPSA) is 107 Å². The Bertz CT molecular complexity index is 499. The Kier molecular flexibility index (Phi) is 32.5. The molecule has 2 aromatic carbocycles. The van der Waals surface area contributed by atoms with Crippen LogP contribution >= 0.6 is 0 Å². The molecule has 0 bridgehead atoms. The van der Waals surface area contributed by atoms with E-state index < -0.39 is 5.97 Å². The van der Waals surface area contributed by atoms with Crippen molar-refractivity contribution in [1.29, 1.82) is 0 Å². The monoisotopic (exact) mass is 457 g/mol. The van der Waals surface area contributed by atoms with Crippen LogP contribution in [0.5, 0.6) is 5.75 Å². The Hall–Kier alpha value is -1.70. The predicted molar refractivity (Wildman–Crippen MR) is 117 cm³/mol. The maximum absolute atomic E-state index is 10.0. The van der Waals surface area contributed by atoms with Crippen molar-refractivity contribution in [3.8, 4) is 5.75 Å². The first kappa shape index (κ1) is 35.7. The second-order valence-electron chi connectivity index (χ2n) is 6.35. The van der Waals surface area contributed by atoms with Gasteiger partial charge in [0.2, 0.25) is 0 Å². The van der Waals surface area contributed by atoms with E-state index in [1.165, 1.54) is 0 Å². The minimum Gasteiger partial charge on any atom is -0.482 e. The molecule has 170 valence electrons. The van der Waals surface area contributed by atoms with Crippen molar-refractivity contribution in [1.82, 2.24) is 0 Å². The molecule has 2 aromatic rings. The summed E-state index contributed by atoms with van der Waals surface area (Å²) in [6, 6.07) is 21.3. The molecule has 2 rings (SSSR count). The number of aliphatic hydroxyl groups is 3. The molecule has 0 spiro atoms. The first-order chi connectivity index (χ1) is 13.5. The summed E-state index contributed by atoms with van der Waals surface area (Å²) < 4.78 is 4.87. The van der Waals surface area contributed by atoms with Crippen LogP contribution in [0, 0.1) is 6.07 Å². The van der Waals surface area contributed by atoms with Gasteiger partial charge < -0.3 is 25.2 Å². The number of carboxylic acid groups (broad SMARTS) is 1. The predicted octanol–water partition coefficient (Wildman–Crippen LogP) is 3.80. The van der Waals surface area contributed by atoms with Crippen molar-refractivity contribution in [3.05, 3.63) is 66.7 Å². The van der Waals surface area contributed by atoms with Gasteiger partial charge in [-0.3, -0.25) is 0 Å². The van der Waals surface area contributed by atoms with E-state index >= 15 is 0 Å². The van der Waals surface area contributed by atoms with Crippen molar-refractivity contribution in [2.45, 2.75) is 59.9 Å². The fourth-order valence-corrected chi connectivity index (χ4v) is 1.00. The molecule has 0 atom stereocenters. The van der Waals surface area contributed by atoms with E-state index in [9.17, 15) is 4.79 Å². The van der Waals surface area contributed by atoms with E-state index in [2.05, 4.69) is 6.07 Å². The van der Waals surface area contributed by atoms with Gasteiger partial charge in [0, 0.05) is 40.0 Å². The van der Waals surface area contributed by atoms with Gasteiger partial charge in [0.25, 0.3) is 0 Å². The van der Waals surface area contributed by atoms with E-state index in [1.807, 2.05) is 36.4 Å². The summed E-state index contributed by atoms with van der Waals surface area (Å²) in [7, 11) is 0. The third kappa shape index (κ3) is 56.2. The molecule has 0 fully saturated rings. The largest absolute Gasteiger partial charge is 0.482 e. The van der Waals surface area contributed by atoms with E-state index in [0.29, 0.717) is 5.75 Å². The molecule has 0 saturated heterocycles. The first-order valence-corrected chi connectivity index (χ1v) is 9.33. The molecule has 0 saturated carbocycles. The van der Waals surface area contributed by atoms with Gasteiger partial charge in [-0.05, 0) is 53.7 Å². The maximum atomic E-state index is 10.0. The van der Waals surface area contributed by atoms with Gasteiger partial charge in [0.05, 0.1) is 0 Å². The molecular weight excluding hydrogens is 420 g/mol. The molecule has 0 aliphatic rings. The molecule has 0 unspecified atom stereocenters. The number of hydrogen-bond donors (Lipinski definition) is 4. The summed E-state index contributed by atoms with van der Waals surface area (Å²) >= 11 is 0. The Balaban J connectivity index is -0.000000153. The number of aliphatic carboxylic acids is 1. The van der Waals surface area contributed by atoms with E-state index in [1.54, 1.807) is 65.8 Å². The van der Waals surface area contributed by atoms with Crippen molar-refractivity contribution in [2.75, 3.05) is 6.61 Å². The average Bonchev–Trinajstić information content (AvgIpc) is 2.61. The van der Waals surface area contributed by atoms with Crippen LogP contribution in [0.15, 0.2) is 60.7 Å². The number of para-hydroxylation sites is 1. The summed E-state index contributed by atoms with van der Waals surface area (Å²) in [4.78, 5) is 10.0. The Morgan fingerprint density at radius 2 is 1.13 bits per heavy atom. The first-order valence-electron chi connectivity index (χ1n) is 9.33. The van der Waals surface area contributed by atoms with Gasteiger partial charge in [-0.15, -0.1) is 0 Å². The zero-order chi connectivity index (χ0) is 23.1. The smallest absolute Gasteiger partial charge is 0.341 e. The molecule has 0 heterocycles. The molecule has 0 radical (unpaired) electrons. The zero-order valence-corrected chi connectivity index (χ0v) is 20.4. The molecule has 7 heteroatoms. The van der Waals surface area contributed by atoms with Crippen LogP contribution in [0.4, 0.5) is 0 Å². The summed E-state index contributed by atoms with van der Waals surface area (Å²) in [5, 5.41) is 32.4. The summed E-state index contributed by atoms with van der Waals surface area (Å²) in [5.41, 5.74) is 0. The van der Waals surface area contributed by atoms with Crippen LogP contribution in [0.25, 0.3) is 0 Å². The summed E-state index contributed by atoms with van der Waals surface area (Å²) in [5.74, 6) is -0.385. The number of carbonyl (C=O) groups is 1. The second kappa shape index (κ2) is 27.3. The molecule has 0 aliphatic carbocycles. The van der Waals surface area contributed by atoms with Gasteiger partial charge in [0.15, 0.2) is 6.61 Å². The number of hydrogen-bond acceptors (Lipinski definition) is 5. The normalized spacial score (nSPS) is 8.53. The van der Waals surface area contributed by atoms with Crippen LogP contribution in [0.2, 0.25) is 0 Å². The van der Waals surface area contributed by atoms with Crippen molar-refractivity contribution >= 4 is 5.97 Å². The number of ether oxygens (including phenoxy) is 1. The quantitative estimate of drug-likeness (QED) is 0.413. The van der Waals surface area contributed by atoms with Crippen molar-refractivity contribution in [3.63, 3.8) is 0 Å². The number of benzene rings is 2. The SMILES string of the molecule is CC(C)O.CC(C)O.CC(C)O.O=C(O)COc1ccccc1.[Ti].[c-]1ccccc1. The number of rotatable bonds is 3. The van der Waals surface area contributed by atoms with Crippen LogP contribution in [-0.2, 0) is 26.5 Å². The standard InChI is InChI=1S/C8H8O3.C6H5.3C3H8O.Ti/c9-8(10)6-11-7-4-2-1-3-5-7;1-2-4-6-5-3-1;3*1-3(2)4;/h1-5H,6H2,(H,9,10);1-5H;3*3-4H,1-2H3;/q;-1;;;;. The van der Waals surface area contributed by atoms with Gasteiger partial charge in [-0.2, -0.15) is 36.4 Å².